The molecular weight excluding hydrogens is 520 g/mol. The zero-order valence-electron chi connectivity index (χ0n) is 21.4. The largest absolute Gasteiger partial charge is 0.464 e. The molecule has 0 N–H and O–H groups in total. The molecule has 0 saturated heterocycles. The molecular formula is C28H23F2N7O3. The van der Waals surface area contributed by atoms with Crippen LogP contribution in [-0.4, -0.2) is 55.3 Å². The fraction of sp³-hybridized carbons (Fsp3) is 0.250. The number of aromatic nitrogens is 5. The van der Waals surface area contributed by atoms with Crippen LogP contribution < -0.4 is 15.0 Å². The van der Waals surface area contributed by atoms with E-state index in [1.54, 1.807) is 19.2 Å². The first kappa shape index (κ1) is 25.4. The predicted molar refractivity (Wildman–Crippen MR) is 143 cm³/mol. The summed E-state index contributed by atoms with van der Waals surface area (Å²) < 4.78 is 38.9. The number of imidazole rings is 1. The maximum absolute atomic E-state index is 14.0. The summed E-state index contributed by atoms with van der Waals surface area (Å²) in [6, 6.07) is 15.5. The fourth-order valence-corrected chi connectivity index (χ4v) is 4.97. The standard InChI is InChI=1S/C28H23F2N7O3/c1-2-39-28-32-15-18-13-21(26(38)37(25(18)34-28)19-4-6-20(7-5-19)40-27(29)30)17-3-8-22-23(14-17)36-12-11-35(10-9-31)16-24(36)33-22/h3-8,13-15,27H,2,10-12,16H2,1H3. The summed E-state index contributed by atoms with van der Waals surface area (Å²) in [7, 11) is 0. The van der Waals surface area contributed by atoms with Crippen LogP contribution in [0.25, 0.3) is 38.9 Å². The number of benzene rings is 2. The third kappa shape index (κ3) is 4.60. The van der Waals surface area contributed by atoms with Gasteiger partial charge in [-0.05, 0) is 55.0 Å². The molecule has 5 aromatic rings. The van der Waals surface area contributed by atoms with E-state index in [0.717, 1.165) is 23.4 Å². The quantitative estimate of drug-likeness (QED) is 0.282. The Hall–Kier alpha value is -4.89. The van der Waals surface area contributed by atoms with Crippen molar-refractivity contribution < 1.29 is 18.3 Å². The monoisotopic (exact) mass is 543 g/mol. The lowest BCUT2D eigenvalue weighted by Gasteiger charge is -2.25. The zero-order chi connectivity index (χ0) is 27.8. The minimum absolute atomic E-state index is 0.0267. The molecule has 202 valence electrons. The molecule has 0 bridgehead atoms. The smallest absolute Gasteiger partial charge is 0.387 e. The number of nitriles is 1. The third-order valence-corrected chi connectivity index (χ3v) is 6.75. The summed E-state index contributed by atoms with van der Waals surface area (Å²) in [6.07, 6.45) is 1.59. The first-order valence-corrected chi connectivity index (χ1v) is 12.6. The van der Waals surface area contributed by atoms with Crippen molar-refractivity contribution in [2.24, 2.45) is 0 Å². The van der Waals surface area contributed by atoms with E-state index in [4.69, 9.17) is 15.0 Å². The summed E-state index contributed by atoms with van der Waals surface area (Å²) >= 11 is 0. The topological polar surface area (TPSA) is 111 Å². The van der Waals surface area contributed by atoms with Gasteiger partial charge in [-0.15, -0.1) is 0 Å². The highest BCUT2D eigenvalue weighted by molar-refractivity contribution is 5.87. The van der Waals surface area contributed by atoms with E-state index in [1.165, 1.54) is 28.8 Å². The number of nitrogens with zero attached hydrogens (tertiary/aromatic N) is 7. The normalized spacial score (nSPS) is 13.5. The van der Waals surface area contributed by atoms with Gasteiger partial charge in [-0.25, -0.2) is 9.97 Å². The van der Waals surface area contributed by atoms with E-state index in [9.17, 15) is 13.6 Å². The Balaban J connectivity index is 1.50. The van der Waals surface area contributed by atoms with Gasteiger partial charge in [0, 0.05) is 30.2 Å². The summed E-state index contributed by atoms with van der Waals surface area (Å²) in [6.45, 7) is 1.51. The summed E-state index contributed by atoms with van der Waals surface area (Å²) in [5.41, 5.74) is 3.17. The molecule has 1 aliphatic rings. The highest BCUT2D eigenvalue weighted by Gasteiger charge is 2.21. The molecule has 0 aliphatic carbocycles. The Bertz CT molecular complexity index is 1830. The Morgan fingerprint density at radius 2 is 1.93 bits per heavy atom. The molecule has 1 aliphatic heterocycles. The number of fused-ring (bicyclic) bond motifs is 4. The molecule has 40 heavy (non-hydrogen) atoms. The van der Waals surface area contributed by atoms with Gasteiger partial charge in [0.2, 0.25) is 0 Å². The molecule has 0 atom stereocenters. The maximum Gasteiger partial charge on any atom is 0.387 e. The Morgan fingerprint density at radius 3 is 2.67 bits per heavy atom. The molecule has 0 saturated carbocycles. The first-order valence-electron chi connectivity index (χ1n) is 12.6. The molecule has 0 unspecified atom stereocenters. The number of hydrogen-bond acceptors (Lipinski definition) is 8. The van der Waals surface area contributed by atoms with E-state index >= 15 is 0 Å². The number of halogens is 2. The van der Waals surface area contributed by atoms with E-state index in [-0.39, 0.29) is 17.3 Å². The predicted octanol–water partition coefficient (Wildman–Crippen LogP) is 4.14. The minimum Gasteiger partial charge on any atom is -0.464 e. The van der Waals surface area contributed by atoms with Crippen LogP contribution in [0.2, 0.25) is 0 Å². The Labute approximate surface area is 226 Å². The van der Waals surface area contributed by atoms with Gasteiger partial charge in [-0.1, -0.05) is 6.07 Å². The lowest BCUT2D eigenvalue weighted by atomic mass is 10.0. The van der Waals surface area contributed by atoms with Crippen molar-refractivity contribution >= 4 is 22.1 Å². The van der Waals surface area contributed by atoms with E-state index in [0.29, 0.717) is 54.1 Å². The lowest BCUT2D eigenvalue weighted by molar-refractivity contribution is -0.0498. The van der Waals surface area contributed by atoms with Gasteiger partial charge in [-0.3, -0.25) is 14.3 Å². The van der Waals surface area contributed by atoms with Crippen LogP contribution in [0.5, 0.6) is 11.8 Å². The molecule has 2 aromatic carbocycles. The van der Waals surface area contributed by atoms with Crippen LogP contribution >= 0.6 is 0 Å². The molecule has 12 heteroatoms. The summed E-state index contributed by atoms with van der Waals surface area (Å²) in [5, 5.41) is 9.65. The SMILES string of the molecule is CCOc1ncc2cc(-c3ccc4nc5n(c4c3)CCN(CC#N)C5)c(=O)n(-c3ccc(OC(F)F)cc3)c2n1. The second-order valence-electron chi connectivity index (χ2n) is 9.19. The lowest BCUT2D eigenvalue weighted by Crippen LogP contribution is -2.33. The summed E-state index contributed by atoms with van der Waals surface area (Å²) in [5.74, 6) is 0.841. The van der Waals surface area contributed by atoms with Crippen molar-refractivity contribution in [2.75, 3.05) is 19.7 Å². The average Bonchev–Trinajstić information content (AvgIpc) is 3.30. The van der Waals surface area contributed by atoms with Crippen molar-refractivity contribution in [1.29, 1.82) is 5.26 Å². The summed E-state index contributed by atoms with van der Waals surface area (Å²) in [4.78, 5) is 29.6. The first-order chi connectivity index (χ1) is 19.4. The van der Waals surface area contributed by atoms with Gasteiger partial charge in [0.25, 0.3) is 5.56 Å². The van der Waals surface area contributed by atoms with E-state index < -0.39 is 6.61 Å². The molecule has 3 aromatic heterocycles. The third-order valence-electron chi connectivity index (χ3n) is 6.75. The zero-order valence-corrected chi connectivity index (χ0v) is 21.4. The van der Waals surface area contributed by atoms with Crippen LogP contribution in [-0.2, 0) is 13.1 Å². The highest BCUT2D eigenvalue weighted by Crippen LogP contribution is 2.29. The second kappa shape index (κ2) is 10.3. The number of alkyl halides is 2. The van der Waals surface area contributed by atoms with E-state index in [1.807, 2.05) is 23.1 Å². The van der Waals surface area contributed by atoms with Gasteiger partial charge >= 0.3 is 12.6 Å². The Kier molecular flexibility index (Phi) is 6.57. The van der Waals surface area contributed by atoms with Crippen LogP contribution in [0.3, 0.4) is 0 Å². The van der Waals surface area contributed by atoms with Crippen molar-refractivity contribution in [2.45, 2.75) is 26.6 Å². The fourth-order valence-electron chi connectivity index (χ4n) is 4.97. The second-order valence-corrected chi connectivity index (χ2v) is 9.19. The molecule has 0 radical (unpaired) electrons. The van der Waals surface area contributed by atoms with Crippen LogP contribution in [0.4, 0.5) is 8.78 Å². The van der Waals surface area contributed by atoms with Crippen molar-refractivity contribution in [3.63, 3.8) is 0 Å². The maximum atomic E-state index is 14.0. The molecule has 4 heterocycles. The van der Waals surface area contributed by atoms with Gasteiger partial charge in [0.05, 0.1) is 42.5 Å². The van der Waals surface area contributed by atoms with Gasteiger partial charge in [0.1, 0.15) is 11.6 Å². The van der Waals surface area contributed by atoms with E-state index in [2.05, 4.69) is 25.3 Å². The molecule has 10 nitrogen and oxygen atoms in total. The van der Waals surface area contributed by atoms with Gasteiger partial charge in [0.15, 0.2) is 5.65 Å². The van der Waals surface area contributed by atoms with Crippen LogP contribution in [0.1, 0.15) is 12.7 Å². The Morgan fingerprint density at radius 1 is 1.10 bits per heavy atom. The van der Waals surface area contributed by atoms with Crippen LogP contribution in [0, 0.1) is 11.3 Å². The molecule has 0 fully saturated rings. The van der Waals surface area contributed by atoms with Crippen molar-refractivity contribution in [3.8, 4) is 34.6 Å². The van der Waals surface area contributed by atoms with Crippen molar-refractivity contribution in [3.05, 3.63) is 70.9 Å². The molecule has 0 amide bonds. The number of pyridine rings is 1. The minimum atomic E-state index is -2.96. The molecule has 0 spiro atoms. The number of ether oxygens (including phenoxy) is 2. The van der Waals surface area contributed by atoms with Crippen LogP contribution in [0.15, 0.2) is 59.5 Å². The number of rotatable bonds is 7. The van der Waals surface area contributed by atoms with Crippen molar-refractivity contribution in [1.82, 2.24) is 29.0 Å². The highest BCUT2D eigenvalue weighted by atomic mass is 19.3. The average molecular weight is 544 g/mol. The van der Waals surface area contributed by atoms with Gasteiger partial charge < -0.3 is 14.0 Å². The van der Waals surface area contributed by atoms with Gasteiger partial charge in [-0.2, -0.15) is 19.0 Å². The molecule has 6 rings (SSSR count). The number of hydrogen-bond donors (Lipinski definition) is 0.